The first-order chi connectivity index (χ1) is 9.06. The van der Waals surface area contributed by atoms with Crippen molar-refractivity contribution in [3.63, 3.8) is 0 Å². The highest BCUT2D eigenvalue weighted by molar-refractivity contribution is 5.81. The van der Waals surface area contributed by atoms with Gasteiger partial charge < -0.3 is 15.5 Å². The Morgan fingerprint density at radius 1 is 1.37 bits per heavy atom. The summed E-state index contributed by atoms with van der Waals surface area (Å²) >= 11 is 0. The molecule has 1 aromatic rings. The highest BCUT2D eigenvalue weighted by Crippen LogP contribution is 2.13. The minimum Gasteiger partial charge on any atom is -0.370 e. The molecule has 1 rings (SSSR count). The normalized spacial score (nSPS) is 10.4. The van der Waals surface area contributed by atoms with Crippen LogP contribution in [-0.4, -0.2) is 41.6 Å². The Morgan fingerprint density at radius 2 is 2.11 bits per heavy atom. The standard InChI is InChI=1S/C13H23N5O/c1-5-14-11-7-12(16-9-15-11)18(6-2)8-13(19)17-10(3)4/h7,9-10H,5-6,8H2,1-4H3,(H,17,19)(H,14,15,16). The minimum absolute atomic E-state index is 0.000429. The van der Waals surface area contributed by atoms with Crippen LogP contribution in [0.25, 0.3) is 0 Å². The van der Waals surface area contributed by atoms with Crippen molar-refractivity contribution in [1.29, 1.82) is 0 Å². The molecular formula is C13H23N5O. The minimum atomic E-state index is 0.000429. The maximum Gasteiger partial charge on any atom is 0.239 e. The van der Waals surface area contributed by atoms with Crippen LogP contribution in [0.5, 0.6) is 0 Å². The van der Waals surface area contributed by atoms with Gasteiger partial charge in [0.25, 0.3) is 0 Å². The Labute approximate surface area is 114 Å². The summed E-state index contributed by atoms with van der Waals surface area (Å²) in [5.41, 5.74) is 0. The first-order valence-electron chi connectivity index (χ1n) is 6.67. The molecular weight excluding hydrogens is 242 g/mol. The van der Waals surface area contributed by atoms with Crippen molar-refractivity contribution in [2.75, 3.05) is 29.9 Å². The number of nitrogens with zero attached hydrogens (tertiary/aromatic N) is 3. The van der Waals surface area contributed by atoms with E-state index >= 15 is 0 Å². The molecule has 106 valence electrons. The molecule has 0 fully saturated rings. The van der Waals surface area contributed by atoms with E-state index in [1.165, 1.54) is 6.33 Å². The summed E-state index contributed by atoms with van der Waals surface area (Å²) in [5.74, 6) is 1.53. The molecule has 0 spiro atoms. The summed E-state index contributed by atoms with van der Waals surface area (Å²) in [6.07, 6.45) is 1.51. The van der Waals surface area contributed by atoms with E-state index in [9.17, 15) is 4.79 Å². The fraction of sp³-hybridized carbons (Fsp3) is 0.615. The average molecular weight is 265 g/mol. The number of rotatable bonds is 7. The lowest BCUT2D eigenvalue weighted by molar-refractivity contribution is -0.120. The fourth-order valence-corrected chi connectivity index (χ4v) is 1.69. The monoisotopic (exact) mass is 265 g/mol. The van der Waals surface area contributed by atoms with Crippen LogP contribution >= 0.6 is 0 Å². The third-order valence-corrected chi connectivity index (χ3v) is 2.50. The topological polar surface area (TPSA) is 70.2 Å². The number of carbonyl (C=O) groups excluding carboxylic acids is 1. The van der Waals surface area contributed by atoms with Crippen molar-refractivity contribution >= 4 is 17.5 Å². The summed E-state index contributed by atoms with van der Waals surface area (Å²) in [6, 6.07) is 2.00. The number of hydrogen-bond donors (Lipinski definition) is 2. The third kappa shape index (κ3) is 5.11. The van der Waals surface area contributed by atoms with E-state index in [0.717, 1.165) is 18.2 Å². The molecule has 6 nitrogen and oxygen atoms in total. The Kier molecular flexibility index (Phi) is 6.05. The van der Waals surface area contributed by atoms with Crippen molar-refractivity contribution < 1.29 is 4.79 Å². The third-order valence-electron chi connectivity index (χ3n) is 2.50. The number of likely N-dealkylation sites (N-methyl/N-ethyl adjacent to an activating group) is 1. The lowest BCUT2D eigenvalue weighted by atomic mass is 10.3. The summed E-state index contributed by atoms with van der Waals surface area (Å²) < 4.78 is 0. The Hall–Kier alpha value is -1.85. The molecule has 0 unspecified atom stereocenters. The molecule has 0 aliphatic carbocycles. The van der Waals surface area contributed by atoms with Gasteiger partial charge in [0.1, 0.15) is 18.0 Å². The van der Waals surface area contributed by atoms with Gasteiger partial charge in [0.05, 0.1) is 6.54 Å². The average Bonchev–Trinajstić information content (AvgIpc) is 2.36. The van der Waals surface area contributed by atoms with Gasteiger partial charge in [-0.3, -0.25) is 4.79 Å². The zero-order valence-electron chi connectivity index (χ0n) is 12.1. The van der Waals surface area contributed by atoms with Crippen molar-refractivity contribution in [3.8, 4) is 0 Å². The summed E-state index contributed by atoms with van der Waals surface area (Å²) in [6.45, 7) is 9.72. The van der Waals surface area contributed by atoms with Crippen molar-refractivity contribution in [3.05, 3.63) is 12.4 Å². The van der Waals surface area contributed by atoms with E-state index < -0.39 is 0 Å². The summed E-state index contributed by atoms with van der Waals surface area (Å²) in [5, 5.41) is 6.01. The highest BCUT2D eigenvalue weighted by Gasteiger charge is 2.12. The smallest absolute Gasteiger partial charge is 0.239 e. The van der Waals surface area contributed by atoms with Gasteiger partial charge in [0.2, 0.25) is 5.91 Å². The molecule has 1 heterocycles. The highest BCUT2D eigenvalue weighted by atomic mass is 16.2. The van der Waals surface area contributed by atoms with Crippen molar-refractivity contribution in [2.24, 2.45) is 0 Å². The zero-order chi connectivity index (χ0) is 14.3. The molecule has 19 heavy (non-hydrogen) atoms. The molecule has 0 atom stereocenters. The van der Waals surface area contributed by atoms with Crippen LogP contribution in [0.2, 0.25) is 0 Å². The Bertz CT molecular complexity index is 408. The molecule has 0 aliphatic heterocycles. The van der Waals surface area contributed by atoms with Crippen LogP contribution in [0.3, 0.4) is 0 Å². The van der Waals surface area contributed by atoms with Gasteiger partial charge in [-0.2, -0.15) is 0 Å². The SMILES string of the molecule is CCNc1cc(N(CC)CC(=O)NC(C)C)ncn1. The predicted molar refractivity (Wildman–Crippen MR) is 77.4 cm³/mol. The largest absolute Gasteiger partial charge is 0.370 e. The molecule has 0 saturated carbocycles. The van der Waals surface area contributed by atoms with Gasteiger partial charge in [-0.25, -0.2) is 9.97 Å². The van der Waals surface area contributed by atoms with Crippen LogP contribution in [-0.2, 0) is 4.79 Å². The lowest BCUT2D eigenvalue weighted by Gasteiger charge is -2.22. The van der Waals surface area contributed by atoms with Gasteiger partial charge in [-0.1, -0.05) is 0 Å². The van der Waals surface area contributed by atoms with E-state index in [2.05, 4.69) is 20.6 Å². The fourth-order valence-electron chi connectivity index (χ4n) is 1.69. The van der Waals surface area contributed by atoms with E-state index in [1.807, 2.05) is 38.7 Å². The number of hydrogen-bond acceptors (Lipinski definition) is 5. The van der Waals surface area contributed by atoms with Gasteiger partial charge in [0.15, 0.2) is 0 Å². The summed E-state index contributed by atoms with van der Waals surface area (Å²) in [7, 11) is 0. The van der Waals surface area contributed by atoms with E-state index in [0.29, 0.717) is 13.1 Å². The zero-order valence-corrected chi connectivity index (χ0v) is 12.1. The second-order valence-corrected chi connectivity index (χ2v) is 4.53. The number of amides is 1. The van der Waals surface area contributed by atoms with Crippen molar-refractivity contribution in [1.82, 2.24) is 15.3 Å². The van der Waals surface area contributed by atoms with Crippen LogP contribution in [0.15, 0.2) is 12.4 Å². The molecule has 1 aromatic heterocycles. The molecule has 6 heteroatoms. The first kappa shape index (κ1) is 15.2. The molecule has 0 aromatic carbocycles. The van der Waals surface area contributed by atoms with Crippen LogP contribution in [0.4, 0.5) is 11.6 Å². The number of nitrogens with one attached hydrogen (secondary N) is 2. The number of anilines is 2. The van der Waals surface area contributed by atoms with Gasteiger partial charge in [0, 0.05) is 25.2 Å². The molecule has 0 bridgehead atoms. The molecule has 0 aliphatic rings. The second-order valence-electron chi connectivity index (χ2n) is 4.53. The number of aromatic nitrogens is 2. The molecule has 0 radical (unpaired) electrons. The van der Waals surface area contributed by atoms with Gasteiger partial charge in [-0.15, -0.1) is 0 Å². The quantitative estimate of drug-likeness (QED) is 0.776. The molecule has 0 saturated heterocycles. The first-order valence-corrected chi connectivity index (χ1v) is 6.67. The Morgan fingerprint density at radius 3 is 2.68 bits per heavy atom. The van der Waals surface area contributed by atoms with E-state index in [4.69, 9.17) is 0 Å². The van der Waals surface area contributed by atoms with E-state index in [-0.39, 0.29) is 11.9 Å². The predicted octanol–water partition coefficient (Wildman–Crippen LogP) is 1.26. The van der Waals surface area contributed by atoms with Gasteiger partial charge >= 0.3 is 0 Å². The van der Waals surface area contributed by atoms with Crippen LogP contribution in [0, 0.1) is 0 Å². The molecule has 1 amide bonds. The molecule has 2 N–H and O–H groups in total. The lowest BCUT2D eigenvalue weighted by Crippen LogP contribution is -2.40. The van der Waals surface area contributed by atoms with E-state index in [1.54, 1.807) is 0 Å². The van der Waals surface area contributed by atoms with Gasteiger partial charge in [-0.05, 0) is 27.7 Å². The number of carbonyl (C=O) groups is 1. The summed E-state index contributed by atoms with van der Waals surface area (Å²) in [4.78, 5) is 22.1. The Balaban J connectivity index is 2.73. The second kappa shape index (κ2) is 7.56. The van der Waals surface area contributed by atoms with Crippen molar-refractivity contribution in [2.45, 2.75) is 33.7 Å². The maximum absolute atomic E-state index is 11.8. The maximum atomic E-state index is 11.8. The van der Waals surface area contributed by atoms with Crippen LogP contribution < -0.4 is 15.5 Å². The van der Waals surface area contributed by atoms with Crippen LogP contribution in [0.1, 0.15) is 27.7 Å².